The van der Waals surface area contributed by atoms with Gasteiger partial charge in [0.05, 0.1) is 6.54 Å². The van der Waals surface area contributed by atoms with Crippen molar-refractivity contribution in [1.82, 2.24) is 4.90 Å². The number of nitrogens with one attached hydrogen (secondary N) is 1. The van der Waals surface area contributed by atoms with Crippen molar-refractivity contribution in [2.75, 3.05) is 30.9 Å². The Morgan fingerprint density at radius 2 is 1.86 bits per heavy atom. The van der Waals surface area contributed by atoms with Gasteiger partial charge in [-0.1, -0.05) is 32.9 Å². The molecule has 1 N–H and O–H groups in total. The minimum atomic E-state index is 0.0361. The summed E-state index contributed by atoms with van der Waals surface area (Å²) in [5.41, 5.74) is 2.26. The highest BCUT2D eigenvalue weighted by atomic mass is 32.2. The third kappa shape index (κ3) is 6.10. The van der Waals surface area contributed by atoms with Gasteiger partial charge in [-0.2, -0.15) is 11.8 Å². The third-order valence-corrected chi connectivity index (χ3v) is 4.40. The number of amides is 1. The van der Waals surface area contributed by atoms with Gasteiger partial charge in [-0.05, 0) is 43.3 Å². The number of carbonyl (C=O) groups is 1. The van der Waals surface area contributed by atoms with E-state index in [1.54, 1.807) is 11.8 Å². The van der Waals surface area contributed by atoms with Crippen LogP contribution in [-0.2, 0) is 10.2 Å². The Bertz CT molecular complexity index is 451. The number of hydrogen-bond donors (Lipinski definition) is 1. The zero-order chi connectivity index (χ0) is 16.0. The Balaban J connectivity index is 2.55. The van der Waals surface area contributed by atoms with E-state index in [2.05, 4.69) is 56.3 Å². The van der Waals surface area contributed by atoms with Gasteiger partial charge in [0.25, 0.3) is 0 Å². The smallest absolute Gasteiger partial charge is 0.238 e. The Hall–Kier alpha value is -1.00. The molecule has 0 saturated carbocycles. The van der Waals surface area contributed by atoms with Crippen molar-refractivity contribution in [3.8, 4) is 0 Å². The molecule has 0 aliphatic rings. The zero-order valence-corrected chi connectivity index (χ0v) is 14.9. The first-order chi connectivity index (χ1) is 9.74. The van der Waals surface area contributed by atoms with Gasteiger partial charge in [0.15, 0.2) is 0 Å². The molecule has 1 aromatic carbocycles. The second-order valence-electron chi connectivity index (χ2n) is 6.60. The first kappa shape index (κ1) is 18.1. The Labute approximate surface area is 133 Å². The van der Waals surface area contributed by atoms with Gasteiger partial charge in [0, 0.05) is 17.5 Å². The molecule has 0 fully saturated rings. The molecule has 4 heteroatoms. The topological polar surface area (TPSA) is 32.3 Å². The number of hydrogen-bond acceptors (Lipinski definition) is 3. The van der Waals surface area contributed by atoms with Crippen LogP contribution in [0.3, 0.4) is 0 Å². The van der Waals surface area contributed by atoms with E-state index in [4.69, 9.17) is 0 Å². The van der Waals surface area contributed by atoms with Gasteiger partial charge in [0.2, 0.25) is 5.91 Å². The lowest BCUT2D eigenvalue weighted by Gasteiger charge is -2.23. The highest BCUT2D eigenvalue weighted by Gasteiger charge is 2.14. The molecule has 0 radical (unpaired) electrons. The van der Waals surface area contributed by atoms with Gasteiger partial charge in [0.1, 0.15) is 0 Å². The normalized spacial score (nSPS) is 13.3. The van der Waals surface area contributed by atoms with Crippen LogP contribution in [0.1, 0.15) is 33.3 Å². The zero-order valence-electron chi connectivity index (χ0n) is 14.1. The first-order valence-electron chi connectivity index (χ1n) is 7.33. The van der Waals surface area contributed by atoms with E-state index in [1.165, 1.54) is 5.56 Å². The molecule has 1 amide bonds. The van der Waals surface area contributed by atoms with Gasteiger partial charge in [-0.3, -0.25) is 9.69 Å². The van der Waals surface area contributed by atoms with Crippen molar-refractivity contribution in [2.45, 2.75) is 39.2 Å². The van der Waals surface area contributed by atoms with E-state index in [1.807, 2.05) is 19.2 Å². The molecule has 0 bridgehead atoms. The molecule has 3 nitrogen and oxygen atoms in total. The minimum Gasteiger partial charge on any atom is -0.325 e. The monoisotopic (exact) mass is 308 g/mol. The van der Waals surface area contributed by atoms with E-state index in [9.17, 15) is 4.79 Å². The maximum atomic E-state index is 12.1. The molecular weight excluding hydrogens is 280 g/mol. The fraction of sp³-hybridized carbons (Fsp3) is 0.588. The summed E-state index contributed by atoms with van der Waals surface area (Å²) in [5, 5.41) is 2.96. The Kier molecular flexibility index (Phi) is 6.75. The SMILES string of the molecule is CSCC(C)N(C)CC(=O)Nc1ccc(C(C)(C)C)cc1. The van der Waals surface area contributed by atoms with E-state index in [-0.39, 0.29) is 11.3 Å². The lowest BCUT2D eigenvalue weighted by Crippen LogP contribution is -2.37. The fourth-order valence-corrected chi connectivity index (χ4v) is 2.74. The average Bonchev–Trinajstić information content (AvgIpc) is 2.38. The number of likely N-dealkylation sites (N-methyl/N-ethyl adjacent to an activating group) is 1. The van der Waals surface area contributed by atoms with Crippen molar-refractivity contribution in [3.63, 3.8) is 0 Å². The maximum absolute atomic E-state index is 12.1. The predicted octanol–water partition coefficient (Wildman–Crippen LogP) is 3.61. The highest BCUT2D eigenvalue weighted by Crippen LogP contribution is 2.23. The lowest BCUT2D eigenvalue weighted by atomic mass is 9.87. The molecule has 21 heavy (non-hydrogen) atoms. The highest BCUT2D eigenvalue weighted by molar-refractivity contribution is 7.98. The van der Waals surface area contributed by atoms with Gasteiger partial charge >= 0.3 is 0 Å². The molecule has 0 aliphatic heterocycles. The third-order valence-electron chi connectivity index (χ3n) is 3.59. The summed E-state index contributed by atoms with van der Waals surface area (Å²) in [6.45, 7) is 9.11. The summed E-state index contributed by atoms with van der Waals surface area (Å²) < 4.78 is 0. The molecule has 0 heterocycles. The minimum absolute atomic E-state index is 0.0361. The Morgan fingerprint density at radius 1 is 1.29 bits per heavy atom. The van der Waals surface area contributed by atoms with Gasteiger partial charge in [-0.15, -0.1) is 0 Å². The quantitative estimate of drug-likeness (QED) is 0.871. The van der Waals surface area contributed by atoms with Crippen LogP contribution < -0.4 is 5.32 Å². The number of benzene rings is 1. The molecule has 1 atom stereocenters. The van der Waals surface area contributed by atoms with Crippen LogP contribution in [0.5, 0.6) is 0 Å². The maximum Gasteiger partial charge on any atom is 0.238 e. The van der Waals surface area contributed by atoms with E-state index in [0.717, 1.165) is 11.4 Å². The molecule has 0 spiro atoms. The summed E-state index contributed by atoms with van der Waals surface area (Å²) in [5.74, 6) is 1.07. The molecule has 0 aliphatic carbocycles. The fourth-order valence-electron chi connectivity index (χ4n) is 2.00. The molecule has 1 unspecified atom stereocenters. The first-order valence-corrected chi connectivity index (χ1v) is 8.73. The summed E-state index contributed by atoms with van der Waals surface area (Å²) in [6, 6.07) is 8.51. The van der Waals surface area contributed by atoms with Crippen molar-refractivity contribution in [2.24, 2.45) is 0 Å². The molecule has 0 saturated heterocycles. The molecule has 118 valence electrons. The number of anilines is 1. The van der Waals surface area contributed by atoms with Gasteiger partial charge in [-0.25, -0.2) is 0 Å². The van der Waals surface area contributed by atoms with Crippen molar-refractivity contribution in [3.05, 3.63) is 29.8 Å². The van der Waals surface area contributed by atoms with Crippen LogP contribution in [0, 0.1) is 0 Å². The van der Waals surface area contributed by atoms with Crippen molar-refractivity contribution in [1.29, 1.82) is 0 Å². The number of nitrogens with zero attached hydrogens (tertiary/aromatic N) is 1. The van der Waals surface area contributed by atoms with Crippen LogP contribution in [0.4, 0.5) is 5.69 Å². The largest absolute Gasteiger partial charge is 0.325 e. The summed E-state index contributed by atoms with van der Waals surface area (Å²) in [4.78, 5) is 14.1. The van der Waals surface area contributed by atoms with Crippen molar-refractivity contribution >= 4 is 23.4 Å². The van der Waals surface area contributed by atoms with Crippen LogP contribution in [-0.4, -0.2) is 42.4 Å². The van der Waals surface area contributed by atoms with Crippen molar-refractivity contribution < 1.29 is 4.79 Å². The second kappa shape index (κ2) is 7.85. The summed E-state index contributed by atoms with van der Waals surface area (Å²) in [7, 11) is 1.99. The number of carbonyl (C=O) groups excluding carboxylic acids is 1. The van der Waals surface area contributed by atoms with Crippen LogP contribution in [0.25, 0.3) is 0 Å². The van der Waals surface area contributed by atoms with Crippen LogP contribution in [0.15, 0.2) is 24.3 Å². The van der Waals surface area contributed by atoms with E-state index in [0.29, 0.717) is 12.6 Å². The molecular formula is C17H28N2OS. The predicted molar refractivity (Wildman–Crippen MR) is 94.2 cm³/mol. The second-order valence-corrected chi connectivity index (χ2v) is 7.51. The van der Waals surface area contributed by atoms with Gasteiger partial charge < -0.3 is 5.32 Å². The lowest BCUT2D eigenvalue weighted by molar-refractivity contribution is -0.117. The van der Waals surface area contributed by atoms with Crippen LogP contribution >= 0.6 is 11.8 Å². The molecule has 0 aromatic heterocycles. The summed E-state index contributed by atoms with van der Waals surface area (Å²) >= 11 is 1.80. The van der Waals surface area contributed by atoms with Crippen LogP contribution in [0.2, 0.25) is 0 Å². The number of rotatable bonds is 6. The molecule has 1 aromatic rings. The summed E-state index contributed by atoms with van der Waals surface area (Å²) in [6.07, 6.45) is 2.08. The Morgan fingerprint density at radius 3 is 2.33 bits per heavy atom. The van der Waals surface area contributed by atoms with E-state index >= 15 is 0 Å². The number of thioether (sulfide) groups is 1. The average molecular weight is 308 g/mol. The standard InChI is InChI=1S/C17H28N2OS/c1-13(12-21-6)19(5)11-16(20)18-15-9-7-14(8-10-15)17(2,3)4/h7-10,13H,11-12H2,1-6H3,(H,18,20). The van der Waals surface area contributed by atoms with E-state index < -0.39 is 0 Å². The molecule has 1 rings (SSSR count).